The Morgan fingerprint density at radius 1 is 0.343 bits per heavy atom. The van der Waals surface area contributed by atoms with Crippen molar-refractivity contribution in [2.75, 3.05) is 81.6 Å². The summed E-state index contributed by atoms with van der Waals surface area (Å²) in [7, 11) is 11.9. The summed E-state index contributed by atoms with van der Waals surface area (Å²) in [6, 6.07) is 6.65. The minimum absolute atomic E-state index is 0.0154. The normalized spacial score (nSPS) is 20.5. The van der Waals surface area contributed by atoms with Crippen molar-refractivity contribution < 1.29 is 0 Å². The van der Waals surface area contributed by atoms with Gasteiger partial charge in [0.25, 0.3) is 0 Å². The molecule has 6 aromatic heterocycles. The average Bonchev–Trinajstić information content (AvgIpc) is 0.977. The first kappa shape index (κ1) is 85.9. The second-order valence-electron chi connectivity index (χ2n) is 26.7. The van der Waals surface area contributed by atoms with Gasteiger partial charge in [-0.25, -0.2) is 39.9 Å². The number of likely N-dealkylation sites (N-methyl/N-ethyl adjacent to an activating group) is 2. The van der Waals surface area contributed by atoms with Crippen LogP contribution in [0.4, 0.5) is 0 Å². The van der Waals surface area contributed by atoms with E-state index in [4.69, 9.17) is 22.9 Å². The number of aryl methyl sites for hydroxylation is 6. The van der Waals surface area contributed by atoms with E-state index in [1.165, 1.54) is 64.7 Å². The molecule has 0 aromatic carbocycles. The highest BCUT2D eigenvalue weighted by atomic mass is 32.1. The van der Waals surface area contributed by atoms with Gasteiger partial charge in [-0.1, -0.05) is 0 Å². The molecule has 108 heavy (non-hydrogen) atoms. The topological polar surface area (TPSA) is 386 Å². The van der Waals surface area contributed by atoms with E-state index in [1.54, 1.807) is 68.0 Å². The van der Waals surface area contributed by atoms with Crippen molar-refractivity contribution in [3.63, 3.8) is 0 Å². The highest BCUT2D eigenvalue weighted by Crippen LogP contribution is 2.19. The largest absolute Gasteiger partial charge is 0.370 e. The maximum absolute atomic E-state index is 5.70. The van der Waals surface area contributed by atoms with E-state index in [0.717, 1.165) is 114 Å². The Morgan fingerprint density at radius 3 is 0.954 bits per heavy atom. The van der Waals surface area contributed by atoms with Crippen LogP contribution >= 0.6 is 68.0 Å². The number of guanidine groups is 12. The predicted molar refractivity (Wildman–Crippen MR) is 463 cm³/mol. The van der Waals surface area contributed by atoms with Gasteiger partial charge in [0.2, 0.25) is 23.8 Å². The number of nitrogens with one attached hydrogen (secondary N) is 10. The Labute approximate surface area is 662 Å². The van der Waals surface area contributed by atoms with Crippen LogP contribution in [-0.2, 0) is 38.5 Å². The Kier molecular flexibility index (Phi) is 34.7. The van der Waals surface area contributed by atoms with Crippen LogP contribution in [0, 0.1) is 41.5 Å². The summed E-state index contributed by atoms with van der Waals surface area (Å²) in [4.78, 5) is 64.2. The van der Waals surface area contributed by atoms with Crippen LogP contribution in [0.2, 0.25) is 0 Å². The molecule has 0 saturated carbocycles. The van der Waals surface area contributed by atoms with E-state index >= 15 is 0 Å². The Bertz CT molecular complexity index is 4190. The molecule has 36 heteroatoms. The molecule has 0 aliphatic carbocycles. The van der Waals surface area contributed by atoms with Gasteiger partial charge in [-0.05, 0) is 238 Å². The standard InChI is InChI=1S/2C13H21N5S.2C12H19N5S.2C11H17N5S/c1-9-7-19-8-11(9)5-6-14-12-15-10(2)16-13(17-12)18(3)4;1-9-7-11(8-19-9)5-6-14-12-15-10(2)16-13(17-12)18(3)4;1-8-6-18-7-10(8)4-5-17(3)12-15-9(2)14-11(13)16-12;1-8-6-10(7-18-8)4-5-17(3)12-15-9(2)14-11(13)16-12;1-7-5-17-6-9(7)3-4-13-11-15-8(2)14-10(12)16-11;1-7-5-9(6-17-7)3-4-13-11-15-8(2)14-10(12)16-11/h2*7-8,10H,5-6H2,1-4H3,(H2,14,15,16,17);2*6-7,9H,4-5H2,1-3H3,(H3,13,14,15,16);2*5-6,8H,3-4H2,1-2H3,(H4,12,13,14,15,16). The molecule has 6 aliphatic rings. The summed E-state index contributed by atoms with van der Waals surface area (Å²) in [5.41, 5.74) is 34.9. The van der Waals surface area contributed by atoms with Gasteiger partial charge in [-0.2, -0.15) is 34.0 Å². The number of aliphatic imine (C=N–C) groups is 12. The summed E-state index contributed by atoms with van der Waals surface area (Å²) in [6.45, 7) is 29.4. The van der Waals surface area contributed by atoms with Crippen molar-refractivity contribution in [2.24, 2.45) is 82.8 Å². The predicted octanol–water partition coefficient (Wildman–Crippen LogP) is 6.74. The van der Waals surface area contributed by atoms with Gasteiger partial charge < -0.3 is 63.8 Å². The zero-order valence-electron chi connectivity index (χ0n) is 65.8. The van der Waals surface area contributed by atoms with E-state index in [2.05, 4.69) is 231 Å². The number of hydrogen-bond acceptors (Lipinski definition) is 28. The van der Waals surface area contributed by atoms with Crippen molar-refractivity contribution in [1.29, 1.82) is 0 Å². The zero-order valence-corrected chi connectivity index (χ0v) is 70.7. The van der Waals surface area contributed by atoms with Crippen LogP contribution in [0.3, 0.4) is 0 Å². The molecule has 0 amide bonds. The average molecular weight is 1590 g/mol. The Balaban J connectivity index is 0.000000181. The maximum Gasteiger partial charge on any atom is 0.202 e. The van der Waals surface area contributed by atoms with Gasteiger partial charge in [0.15, 0.2) is 47.7 Å². The van der Waals surface area contributed by atoms with Gasteiger partial charge in [-0.15, -0.1) is 34.0 Å². The molecule has 0 radical (unpaired) electrons. The first-order valence-electron chi connectivity index (χ1n) is 35.9. The number of nitrogens with zero attached hydrogens (tertiary/aromatic N) is 16. The minimum atomic E-state index is -0.105. The molecule has 30 nitrogen and oxygen atoms in total. The van der Waals surface area contributed by atoms with Crippen molar-refractivity contribution in [3.05, 3.63) is 131 Å². The van der Waals surface area contributed by atoms with Crippen molar-refractivity contribution in [3.8, 4) is 0 Å². The second kappa shape index (κ2) is 43.6. The summed E-state index contributed by atoms with van der Waals surface area (Å²) in [5.74, 6) is 8.00. The van der Waals surface area contributed by atoms with E-state index in [1.807, 2.05) is 93.6 Å². The molecule has 6 aromatic rings. The molecule has 18 N–H and O–H groups in total. The van der Waals surface area contributed by atoms with E-state index in [0.29, 0.717) is 35.8 Å². The highest BCUT2D eigenvalue weighted by Gasteiger charge is 2.21. The van der Waals surface area contributed by atoms with Crippen LogP contribution in [0.5, 0.6) is 0 Å². The summed E-state index contributed by atoms with van der Waals surface area (Å²) >= 11 is 10.6. The quantitative estimate of drug-likeness (QED) is 0.0423. The summed E-state index contributed by atoms with van der Waals surface area (Å²) in [5, 5.41) is 50.6. The molecule has 6 unspecified atom stereocenters. The smallest absolute Gasteiger partial charge is 0.202 e. The summed E-state index contributed by atoms with van der Waals surface area (Å²) in [6.07, 6.45) is 5.74. The lowest BCUT2D eigenvalue weighted by Gasteiger charge is -2.26. The fraction of sp³-hybridized carbons (Fsp3) is 0.500. The number of rotatable bonds is 18. The lowest BCUT2D eigenvalue weighted by Crippen LogP contribution is -2.53. The summed E-state index contributed by atoms with van der Waals surface area (Å²) < 4.78 is 0. The third kappa shape index (κ3) is 30.7. The van der Waals surface area contributed by atoms with Crippen LogP contribution in [0.15, 0.2) is 127 Å². The minimum Gasteiger partial charge on any atom is -0.370 e. The molecule has 0 bridgehead atoms. The third-order valence-electron chi connectivity index (χ3n) is 16.3. The first-order valence-corrected chi connectivity index (χ1v) is 41.4. The van der Waals surface area contributed by atoms with E-state index in [9.17, 15) is 0 Å². The molecule has 12 rings (SSSR count). The highest BCUT2D eigenvalue weighted by molar-refractivity contribution is 7.10. The lowest BCUT2D eigenvalue weighted by molar-refractivity contribution is 0.486. The number of thiophene rings is 6. The molecule has 6 atom stereocenters. The molecule has 6 aliphatic heterocycles. The fourth-order valence-electron chi connectivity index (χ4n) is 10.6. The molecule has 0 saturated heterocycles. The monoisotopic (exact) mass is 1590 g/mol. The van der Waals surface area contributed by atoms with Crippen LogP contribution in [0.25, 0.3) is 0 Å². The van der Waals surface area contributed by atoms with Crippen molar-refractivity contribution >= 4 is 140 Å². The number of hydrogen-bond donors (Lipinski definition) is 14. The van der Waals surface area contributed by atoms with E-state index in [-0.39, 0.29) is 37.0 Å². The van der Waals surface area contributed by atoms with Crippen molar-refractivity contribution in [2.45, 2.75) is 159 Å². The zero-order chi connectivity index (χ0) is 78.4. The molecule has 12 heterocycles. The molecular formula is C72H114N30S6. The first-order chi connectivity index (χ1) is 51.5. The van der Waals surface area contributed by atoms with Crippen LogP contribution < -0.4 is 76.1 Å². The fourth-order valence-corrected chi connectivity index (χ4v) is 15.5. The second-order valence-corrected chi connectivity index (χ2v) is 32.2. The molecular weight excluding hydrogens is 1480 g/mol. The maximum atomic E-state index is 5.70. The van der Waals surface area contributed by atoms with Crippen molar-refractivity contribution in [1.82, 2.24) is 72.8 Å². The SMILES string of the molecule is Cc1cc(CCN(C)C2=NC(C)N=C(N)N2)cs1.Cc1cc(CCN=C2NC(N(C)C)=NC(C)N2)cs1.Cc1cc(CCN=C2NC(N)=NC(C)N2)cs1.Cc1cscc1CCN(C)C1=NC(C)N=C(N)N1.Cc1cscc1CCN=C1NC(N(C)C)=NC(C)N1.Cc1cscc1CCN=C1NC(N)=NC(C)N1. The van der Waals surface area contributed by atoms with Crippen LogP contribution in [-0.4, -0.2) is 210 Å². The lowest BCUT2D eigenvalue weighted by atomic mass is 10.1. The van der Waals surface area contributed by atoms with Gasteiger partial charge in [0.1, 0.15) is 37.0 Å². The number of nitrogens with two attached hydrogens (primary N) is 4. The third-order valence-corrected chi connectivity index (χ3v) is 21.7. The van der Waals surface area contributed by atoms with Gasteiger partial charge in [0.05, 0.1) is 0 Å². The molecule has 588 valence electrons. The van der Waals surface area contributed by atoms with E-state index < -0.39 is 0 Å². The van der Waals surface area contributed by atoms with Crippen LogP contribution in [0.1, 0.15) is 106 Å². The molecule has 0 fully saturated rings. The molecule has 0 spiro atoms. The van der Waals surface area contributed by atoms with Gasteiger partial charge in [-0.3, -0.25) is 51.9 Å². The van der Waals surface area contributed by atoms with Gasteiger partial charge in [0, 0.05) is 96.2 Å². The van der Waals surface area contributed by atoms with Gasteiger partial charge >= 0.3 is 0 Å². The Hall–Kier alpha value is -9.36. The Morgan fingerprint density at radius 2 is 0.648 bits per heavy atom.